The summed E-state index contributed by atoms with van der Waals surface area (Å²) in [5.41, 5.74) is -0.395. The van der Waals surface area contributed by atoms with E-state index in [4.69, 9.17) is 0 Å². The van der Waals surface area contributed by atoms with Gasteiger partial charge < -0.3 is 4.90 Å². The second-order valence-corrected chi connectivity index (χ2v) is 9.61. The van der Waals surface area contributed by atoms with Gasteiger partial charge in [0.15, 0.2) is 5.65 Å². The fourth-order valence-corrected chi connectivity index (χ4v) is 5.77. The molecule has 6 rings (SSSR count). The van der Waals surface area contributed by atoms with E-state index in [0.717, 1.165) is 17.7 Å². The molecule has 166 valence electrons. The molecule has 1 saturated carbocycles. The number of fused-ring (bicyclic) bond motifs is 2. The molecule has 1 saturated heterocycles. The molecule has 0 bridgehead atoms. The summed E-state index contributed by atoms with van der Waals surface area (Å²) in [5.74, 6) is 0.546. The number of piperidine rings is 1. The van der Waals surface area contributed by atoms with Crippen molar-refractivity contribution in [2.75, 3.05) is 22.9 Å². The monoisotopic (exact) mass is 440 g/mol. The highest BCUT2D eigenvalue weighted by atomic mass is 19.3. The largest absolute Gasteiger partial charge is 0.371 e. The van der Waals surface area contributed by atoms with Crippen molar-refractivity contribution in [2.24, 2.45) is 5.41 Å². The van der Waals surface area contributed by atoms with Crippen LogP contribution in [0.1, 0.15) is 43.9 Å². The Morgan fingerprint density at radius 2 is 1.66 bits per heavy atom. The van der Waals surface area contributed by atoms with Crippen LogP contribution in [0.3, 0.4) is 0 Å². The zero-order valence-corrected chi connectivity index (χ0v) is 17.7. The van der Waals surface area contributed by atoms with Crippen LogP contribution in [0.2, 0.25) is 0 Å². The number of pyridine rings is 2. The van der Waals surface area contributed by atoms with Gasteiger partial charge in [-0.05, 0) is 56.2 Å². The van der Waals surface area contributed by atoms with Crippen molar-refractivity contribution in [2.45, 2.75) is 50.9 Å². The standard InChI is InChI=1S/C23H23F3N6/c1-21(24)13-22(14-21)6-10-31(11-7-22)20-29-18-16(5-3-9-28-18)19(30-20)32-12-15-4-2-8-27-17(15)23(32,25)26/h2-5,8-9H,6-7,10-14H2,1H3. The number of anilines is 2. The first kappa shape index (κ1) is 19.7. The Hall–Kier alpha value is -2.97. The Kier molecular flexibility index (Phi) is 4.02. The van der Waals surface area contributed by atoms with E-state index in [9.17, 15) is 4.39 Å². The third-order valence-electron chi connectivity index (χ3n) is 7.13. The minimum absolute atomic E-state index is 0.00874. The third-order valence-corrected chi connectivity index (χ3v) is 7.13. The number of alkyl halides is 3. The average Bonchev–Trinajstić information content (AvgIpc) is 3.03. The van der Waals surface area contributed by atoms with Gasteiger partial charge in [-0.15, -0.1) is 0 Å². The summed E-state index contributed by atoms with van der Waals surface area (Å²) in [6.07, 6.45) is 5.85. The molecule has 32 heavy (non-hydrogen) atoms. The number of halogens is 3. The highest BCUT2D eigenvalue weighted by molar-refractivity contribution is 5.88. The molecule has 9 heteroatoms. The van der Waals surface area contributed by atoms with Crippen LogP contribution in [0.25, 0.3) is 11.0 Å². The molecule has 0 unspecified atom stereocenters. The third kappa shape index (κ3) is 2.93. The maximum Gasteiger partial charge on any atom is 0.371 e. The average molecular weight is 440 g/mol. The van der Waals surface area contributed by atoms with Crippen molar-refractivity contribution >= 4 is 22.8 Å². The minimum Gasteiger partial charge on any atom is -0.341 e. The number of aromatic nitrogens is 4. The summed E-state index contributed by atoms with van der Waals surface area (Å²) in [4.78, 5) is 20.5. The molecular formula is C23H23F3N6. The van der Waals surface area contributed by atoms with Crippen molar-refractivity contribution in [3.63, 3.8) is 0 Å². The Labute approximate surface area is 183 Å². The van der Waals surface area contributed by atoms with Gasteiger partial charge in [0.2, 0.25) is 5.95 Å². The molecule has 0 N–H and O–H groups in total. The van der Waals surface area contributed by atoms with Gasteiger partial charge in [0.1, 0.15) is 17.2 Å². The topological polar surface area (TPSA) is 58.0 Å². The second kappa shape index (κ2) is 6.52. The fraction of sp³-hybridized carbons (Fsp3) is 0.478. The molecule has 0 radical (unpaired) electrons. The Morgan fingerprint density at radius 1 is 0.938 bits per heavy atom. The lowest BCUT2D eigenvalue weighted by molar-refractivity contribution is -0.0685. The van der Waals surface area contributed by atoms with Crippen molar-refractivity contribution in [3.05, 3.63) is 47.9 Å². The summed E-state index contributed by atoms with van der Waals surface area (Å²) in [7, 11) is 0. The molecule has 0 aromatic carbocycles. The zero-order valence-electron chi connectivity index (χ0n) is 17.7. The Balaban J connectivity index is 1.36. The van der Waals surface area contributed by atoms with Crippen LogP contribution in [-0.4, -0.2) is 38.7 Å². The van der Waals surface area contributed by atoms with Crippen LogP contribution in [0.5, 0.6) is 0 Å². The maximum atomic E-state index is 15.4. The van der Waals surface area contributed by atoms with Crippen molar-refractivity contribution in [1.29, 1.82) is 0 Å². The molecule has 1 spiro atoms. The predicted molar refractivity (Wildman–Crippen MR) is 114 cm³/mol. The first-order chi connectivity index (χ1) is 15.3. The molecular weight excluding hydrogens is 417 g/mol. The normalized spacial score (nSPS) is 22.8. The van der Waals surface area contributed by atoms with Gasteiger partial charge in [0.25, 0.3) is 0 Å². The molecule has 3 aromatic rings. The summed E-state index contributed by atoms with van der Waals surface area (Å²) in [6.45, 7) is 3.02. The summed E-state index contributed by atoms with van der Waals surface area (Å²) in [5, 5.41) is 0.476. The van der Waals surface area contributed by atoms with E-state index >= 15 is 8.78 Å². The van der Waals surface area contributed by atoms with Crippen LogP contribution in [0.4, 0.5) is 24.9 Å². The SMILES string of the molecule is CC1(F)CC2(CCN(c3nc(N4Cc5cccnc5C4(F)F)c4cccnc4n3)CC2)C1. The molecule has 1 aliphatic carbocycles. The van der Waals surface area contributed by atoms with E-state index in [-0.39, 0.29) is 23.5 Å². The van der Waals surface area contributed by atoms with Gasteiger partial charge in [0, 0.05) is 31.0 Å². The van der Waals surface area contributed by atoms with Gasteiger partial charge in [-0.25, -0.2) is 9.37 Å². The number of hydrogen-bond donors (Lipinski definition) is 0. The fourth-order valence-electron chi connectivity index (χ4n) is 5.77. The van der Waals surface area contributed by atoms with Gasteiger partial charge in [-0.1, -0.05) is 6.07 Å². The van der Waals surface area contributed by atoms with Crippen LogP contribution >= 0.6 is 0 Å². The molecule has 5 heterocycles. The molecule has 2 aliphatic heterocycles. The zero-order chi connectivity index (χ0) is 22.1. The van der Waals surface area contributed by atoms with Gasteiger partial charge in [0.05, 0.1) is 11.9 Å². The lowest BCUT2D eigenvalue weighted by Gasteiger charge is -2.54. The van der Waals surface area contributed by atoms with E-state index in [1.807, 2.05) is 4.90 Å². The van der Waals surface area contributed by atoms with Crippen LogP contribution in [-0.2, 0) is 12.6 Å². The van der Waals surface area contributed by atoms with E-state index in [0.29, 0.717) is 48.5 Å². The van der Waals surface area contributed by atoms with Crippen LogP contribution in [0.15, 0.2) is 36.7 Å². The van der Waals surface area contributed by atoms with Gasteiger partial charge in [-0.2, -0.15) is 18.7 Å². The van der Waals surface area contributed by atoms with Crippen molar-refractivity contribution < 1.29 is 13.2 Å². The van der Waals surface area contributed by atoms with E-state index < -0.39 is 11.7 Å². The molecule has 0 amide bonds. The minimum atomic E-state index is -3.28. The van der Waals surface area contributed by atoms with E-state index in [1.54, 1.807) is 37.4 Å². The summed E-state index contributed by atoms with van der Waals surface area (Å²) in [6, 6.07) is 3.46. The Morgan fingerprint density at radius 3 is 2.38 bits per heavy atom. The highest BCUT2D eigenvalue weighted by Gasteiger charge is 2.53. The second-order valence-electron chi connectivity index (χ2n) is 9.61. The van der Waals surface area contributed by atoms with Gasteiger partial charge >= 0.3 is 6.05 Å². The predicted octanol–water partition coefficient (Wildman–Crippen LogP) is 4.60. The quantitative estimate of drug-likeness (QED) is 0.543. The van der Waals surface area contributed by atoms with Crippen molar-refractivity contribution in [1.82, 2.24) is 19.9 Å². The summed E-state index contributed by atoms with van der Waals surface area (Å²) < 4.78 is 44.8. The maximum absolute atomic E-state index is 15.4. The first-order valence-electron chi connectivity index (χ1n) is 10.9. The molecule has 3 aromatic heterocycles. The van der Waals surface area contributed by atoms with Crippen LogP contribution in [0, 0.1) is 5.41 Å². The van der Waals surface area contributed by atoms with E-state index in [2.05, 4.69) is 19.9 Å². The number of nitrogens with zero attached hydrogens (tertiary/aromatic N) is 6. The van der Waals surface area contributed by atoms with Crippen LogP contribution < -0.4 is 9.80 Å². The Bertz CT molecular complexity index is 1200. The number of rotatable bonds is 2. The summed E-state index contributed by atoms with van der Waals surface area (Å²) >= 11 is 0. The molecule has 0 atom stereocenters. The smallest absolute Gasteiger partial charge is 0.341 e. The molecule has 6 nitrogen and oxygen atoms in total. The number of hydrogen-bond acceptors (Lipinski definition) is 6. The highest BCUT2D eigenvalue weighted by Crippen LogP contribution is 2.56. The van der Waals surface area contributed by atoms with Gasteiger partial charge in [-0.3, -0.25) is 9.88 Å². The van der Waals surface area contributed by atoms with E-state index in [1.165, 1.54) is 6.20 Å². The lowest BCUT2D eigenvalue weighted by Crippen LogP contribution is -2.53. The molecule has 3 aliphatic rings. The van der Waals surface area contributed by atoms with Crippen molar-refractivity contribution in [3.8, 4) is 0 Å². The lowest BCUT2D eigenvalue weighted by atomic mass is 9.56. The first-order valence-corrected chi connectivity index (χ1v) is 10.9. The molecule has 2 fully saturated rings.